The van der Waals surface area contributed by atoms with Gasteiger partial charge in [0, 0.05) is 17.8 Å². The first kappa shape index (κ1) is 19.1. The molecule has 0 fully saturated rings. The lowest BCUT2D eigenvalue weighted by molar-refractivity contribution is -0.140. The monoisotopic (exact) mass is 331 g/mol. The molecule has 0 aliphatic rings. The molecule has 1 heterocycles. The number of nitrogens with zero attached hydrogens (tertiary/aromatic N) is 1. The Hall–Kier alpha value is -0.860. The SMILES string of the molecule is CCC(NC(=O)C(C)CN)c1nc(C(F)(F)F)cs1.Cl. The molecule has 0 aliphatic carbocycles. The van der Waals surface area contributed by atoms with Crippen molar-refractivity contribution in [3.05, 3.63) is 16.1 Å². The van der Waals surface area contributed by atoms with Gasteiger partial charge in [-0.1, -0.05) is 13.8 Å². The molecule has 0 spiro atoms. The Labute approximate surface area is 125 Å². The van der Waals surface area contributed by atoms with Crippen LogP contribution in [0, 0.1) is 5.92 Å². The number of thiazole rings is 1. The minimum absolute atomic E-state index is 0. The molecular weight excluding hydrogens is 315 g/mol. The highest BCUT2D eigenvalue weighted by Gasteiger charge is 2.34. The molecule has 2 atom stereocenters. The van der Waals surface area contributed by atoms with E-state index in [1.165, 1.54) is 0 Å². The highest BCUT2D eigenvalue weighted by atomic mass is 35.5. The first-order valence-corrected chi connectivity index (χ1v) is 6.70. The van der Waals surface area contributed by atoms with Crippen molar-refractivity contribution in [2.75, 3.05) is 6.54 Å². The van der Waals surface area contributed by atoms with Crippen molar-refractivity contribution in [3.63, 3.8) is 0 Å². The summed E-state index contributed by atoms with van der Waals surface area (Å²) in [5, 5.41) is 3.87. The first-order valence-electron chi connectivity index (χ1n) is 5.82. The van der Waals surface area contributed by atoms with Gasteiger partial charge in [0.2, 0.25) is 5.91 Å². The van der Waals surface area contributed by atoms with E-state index in [-0.39, 0.29) is 35.8 Å². The Balaban J connectivity index is 0.00000361. The van der Waals surface area contributed by atoms with Gasteiger partial charge in [-0.2, -0.15) is 13.2 Å². The number of carbonyl (C=O) groups is 1. The van der Waals surface area contributed by atoms with Crippen LogP contribution in [0.25, 0.3) is 0 Å². The van der Waals surface area contributed by atoms with Crippen LogP contribution in [0.4, 0.5) is 13.2 Å². The Bertz CT molecular complexity index is 439. The van der Waals surface area contributed by atoms with Gasteiger partial charge in [0.05, 0.1) is 6.04 Å². The highest BCUT2D eigenvalue weighted by molar-refractivity contribution is 7.09. The zero-order valence-electron chi connectivity index (χ0n) is 11.0. The molecule has 2 unspecified atom stereocenters. The lowest BCUT2D eigenvalue weighted by Crippen LogP contribution is -2.35. The lowest BCUT2D eigenvalue weighted by atomic mass is 10.1. The Morgan fingerprint density at radius 1 is 1.55 bits per heavy atom. The van der Waals surface area contributed by atoms with Gasteiger partial charge < -0.3 is 11.1 Å². The number of aromatic nitrogens is 1. The average molecular weight is 332 g/mol. The topological polar surface area (TPSA) is 68.0 Å². The summed E-state index contributed by atoms with van der Waals surface area (Å²) in [6.07, 6.45) is -3.99. The third-order valence-corrected chi connectivity index (χ3v) is 3.59. The van der Waals surface area contributed by atoms with Crippen molar-refractivity contribution >= 4 is 29.7 Å². The maximum Gasteiger partial charge on any atom is 0.434 e. The van der Waals surface area contributed by atoms with Crippen molar-refractivity contribution in [1.82, 2.24) is 10.3 Å². The molecule has 4 nitrogen and oxygen atoms in total. The number of nitrogens with two attached hydrogens (primary N) is 1. The fourth-order valence-corrected chi connectivity index (χ4v) is 2.30. The zero-order chi connectivity index (χ0) is 14.6. The summed E-state index contributed by atoms with van der Waals surface area (Å²) in [5.41, 5.74) is 4.44. The molecule has 1 rings (SSSR count). The number of rotatable bonds is 5. The molecule has 116 valence electrons. The maximum atomic E-state index is 12.5. The molecule has 0 bridgehead atoms. The molecule has 20 heavy (non-hydrogen) atoms. The maximum absolute atomic E-state index is 12.5. The van der Waals surface area contributed by atoms with Crippen LogP contribution in [0.2, 0.25) is 0 Å². The van der Waals surface area contributed by atoms with Crippen LogP contribution in [0.1, 0.15) is 37.0 Å². The van der Waals surface area contributed by atoms with Crippen LogP contribution >= 0.6 is 23.7 Å². The average Bonchev–Trinajstić information content (AvgIpc) is 2.83. The largest absolute Gasteiger partial charge is 0.434 e. The van der Waals surface area contributed by atoms with E-state index in [0.29, 0.717) is 6.42 Å². The van der Waals surface area contributed by atoms with Gasteiger partial charge in [-0.05, 0) is 6.42 Å². The number of hydrogen-bond donors (Lipinski definition) is 2. The molecular formula is C11H17ClF3N3OS. The van der Waals surface area contributed by atoms with Crippen molar-refractivity contribution < 1.29 is 18.0 Å². The third kappa shape index (κ3) is 4.92. The molecule has 0 saturated carbocycles. The Kier molecular flexibility index (Phi) is 7.46. The second-order valence-electron chi connectivity index (χ2n) is 4.17. The van der Waals surface area contributed by atoms with E-state index in [9.17, 15) is 18.0 Å². The van der Waals surface area contributed by atoms with Crippen LogP contribution in [0.3, 0.4) is 0 Å². The predicted octanol–water partition coefficient (Wildman–Crippen LogP) is 2.75. The molecule has 0 aliphatic heterocycles. The number of amides is 1. The van der Waals surface area contributed by atoms with Crippen molar-refractivity contribution in [2.45, 2.75) is 32.5 Å². The zero-order valence-corrected chi connectivity index (χ0v) is 12.7. The minimum atomic E-state index is -4.46. The van der Waals surface area contributed by atoms with Gasteiger partial charge in [0.25, 0.3) is 0 Å². The van der Waals surface area contributed by atoms with Crippen LogP contribution in [-0.4, -0.2) is 17.4 Å². The van der Waals surface area contributed by atoms with Gasteiger partial charge >= 0.3 is 6.18 Å². The second-order valence-corrected chi connectivity index (χ2v) is 5.06. The van der Waals surface area contributed by atoms with E-state index in [2.05, 4.69) is 10.3 Å². The Morgan fingerprint density at radius 2 is 2.15 bits per heavy atom. The summed E-state index contributed by atoms with van der Waals surface area (Å²) < 4.78 is 37.4. The summed E-state index contributed by atoms with van der Waals surface area (Å²) in [5.74, 6) is -0.658. The van der Waals surface area contributed by atoms with Crippen molar-refractivity contribution in [3.8, 4) is 0 Å². The molecule has 0 aromatic carbocycles. The fraction of sp³-hybridized carbons (Fsp3) is 0.636. The number of nitrogens with one attached hydrogen (secondary N) is 1. The summed E-state index contributed by atoms with van der Waals surface area (Å²) in [6, 6.07) is -0.511. The molecule has 3 N–H and O–H groups in total. The summed E-state index contributed by atoms with van der Waals surface area (Å²) in [6.45, 7) is 3.62. The smallest absolute Gasteiger partial charge is 0.347 e. The van der Waals surface area contributed by atoms with Crippen LogP contribution in [0.5, 0.6) is 0 Å². The van der Waals surface area contributed by atoms with E-state index in [1.54, 1.807) is 13.8 Å². The Morgan fingerprint density at radius 3 is 2.55 bits per heavy atom. The van der Waals surface area contributed by atoms with Gasteiger partial charge in [-0.3, -0.25) is 4.79 Å². The van der Waals surface area contributed by atoms with E-state index in [4.69, 9.17) is 5.73 Å². The fourth-order valence-electron chi connectivity index (χ4n) is 1.34. The van der Waals surface area contributed by atoms with Crippen LogP contribution in [0.15, 0.2) is 5.38 Å². The quantitative estimate of drug-likeness (QED) is 0.871. The number of halogens is 4. The molecule has 9 heteroatoms. The summed E-state index contributed by atoms with van der Waals surface area (Å²) in [7, 11) is 0. The van der Waals surface area contributed by atoms with E-state index in [1.807, 2.05) is 0 Å². The van der Waals surface area contributed by atoms with Gasteiger partial charge in [-0.25, -0.2) is 4.98 Å². The number of alkyl halides is 3. The van der Waals surface area contributed by atoms with Gasteiger partial charge in [0.1, 0.15) is 5.01 Å². The van der Waals surface area contributed by atoms with Crippen molar-refractivity contribution in [1.29, 1.82) is 0 Å². The first-order chi connectivity index (χ1) is 8.79. The summed E-state index contributed by atoms with van der Waals surface area (Å²) >= 11 is 0.893. The van der Waals surface area contributed by atoms with Gasteiger partial charge in [0.15, 0.2) is 5.69 Å². The van der Waals surface area contributed by atoms with Crippen molar-refractivity contribution in [2.24, 2.45) is 11.7 Å². The lowest BCUT2D eigenvalue weighted by Gasteiger charge is -2.17. The highest BCUT2D eigenvalue weighted by Crippen LogP contribution is 2.32. The van der Waals surface area contributed by atoms with E-state index in [0.717, 1.165) is 16.7 Å². The second kappa shape index (κ2) is 7.80. The van der Waals surface area contributed by atoms with Gasteiger partial charge in [-0.15, -0.1) is 23.7 Å². The van der Waals surface area contributed by atoms with E-state index < -0.39 is 17.9 Å². The number of hydrogen-bond acceptors (Lipinski definition) is 4. The normalized spacial score (nSPS) is 14.3. The third-order valence-electron chi connectivity index (χ3n) is 2.64. The van der Waals surface area contributed by atoms with E-state index >= 15 is 0 Å². The molecule has 0 saturated heterocycles. The molecule has 1 aromatic rings. The molecule has 1 amide bonds. The number of carbonyl (C=O) groups excluding carboxylic acids is 1. The molecule has 0 radical (unpaired) electrons. The molecule has 1 aromatic heterocycles. The van der Waals surface area contributed by atoms with Crippen LogP contribution < -0.4 is 11.1 Å². The standard InChI is InChI=1S/C11H16F3N3OS.ClH/c1-3-7(16-9(18)6(2)4-15)10-17-8(5-19-10)11(12,13)14;/h5-7H,3-4,15H2,1-2H3,(H,16,18);1H. The van der Waals surface area contributed by atoms with Crippen LogP contribution in [-0.2, 0) is 11.0 Å². The predicted molar refractivity (Wildman–Crippen MR) is 73.8 cm³/mol. The summed E-state index contributed by atoms with van der Waals surface area (Å²) in [4.78, 5) is 15.2. The minimum Gasteiger partial charge on any atom is -0.347 e.